The zero-order chi connectivity index (χ0) is 22.1. The molecule has 1 fully saturated rings. The number of anilines is 3. The van der Waals surface area contributed by atoms with Gasteiger partial charge in [0.05, 0.1) is 17.6 Å². The van der Waals surface area contributed by atoms with Gasteiger partial charge in [-0.3, -0.25) is 9.20 Å². The van der Waals surface area contributed by atoms with E-state index in [1.165, 1.54) is 5.69 Å². The van der Waals surface area contributed by atoms with Gasteiger partial charge in [0.15, 0.2) is 0 Å². The molecule has 5 rings (SSSR count). The molecule has 0 atom stereocenters. The van der Waals surface area contributed by atoms with E-state index >= 15 is 0 Å². The molecule has 162 valence electrons. The van der Waals surface area contributed by atoms with E-state index in [9.17, 15) is 4.79 Å². The van der Waals surface area contributed by atoms with Crippen molar-refractivity contribution in [1.29, 1.82) is 0 Å². The number of aromatic nitrogens is 3. The lowest BCUT2D eigenvalue weighted by atomic mass is 10.2. The van der Waals surface area contributed by atoms with Crippen LogP contribution in [-0.2, 0) is 0 Å². The third-order valence-electron chi connectivity index (χ3n) is 5.97. The molecule has 0 unspecified atom stereocenters. The summed E-state index contributed by atoms with van der Waals surface area (Å²) in [5.74, 6) is 0.740. The number of nitrogens with zero attached hydrogens (tertiary/aromatic N) is 5. The lowest BCUT2D eigenvalue weighted by Crippen LogP contribution is -2.46. The molecule has 4 heterocycles. The van der Waals surface area contributed by atoms with Crippen molar-refractivity contribution in [1.82, 2.24) is 14.4 Å². The van der Waals surface area contributed by atoms with Crippen LogP contribution in [0.1, 0.15) is 21.7 Å². The van der Waals surface area contributed by atoms with Gasteiger partial charge in [-0.25, -0.2) is 9.97 Å². The molecule has 0 bridgehead atoms. The minimum Gasteiger partial charge on any atom is -0.368 e. The van der Waals surface area contributed by atoms with Gasteiger partial charge in [0.2, 0.25) is 0 Å². The highest BCUT2D eigenvalue weighted by Crippen LogP contribution is 2.21. The van der Waals surface area contributed by atoms with E-state index in [0.29, 0.717) is 17.1 Å². The molecular weight excluding hydrogens is 400 g/mol. The van der Waals surface area contributed by atoms with Crippen LogP contribution in [0.15, 0.2) is 67.0 Å². The zero-order valence-electron chi connectivity index (χ0n) is 18.3. The number of nitrogens with one attached hydrogen (secondary N) is 1. The molecular formula is C25H26N6O. The summed E-state index contributed by atoms with van der Waals surface area (Å²) in [7, 11) is 0. The summed E-state index contributed by atoms with van der Waals surface area (Å²) in [6.07, 6.45) is 3.59. The predicted octanol–water partition coefficient (Wildman–Crippen LogP) is 3.93. The van der Waals surface area contributed by atoms with Crippen LogP contribution in [0, 0.1) is 13.8 Å². The van der Waals surface area contributed by atoms with Gasteiger partial charge in [0.1, 0.15) is 17.2 Å². The fourth-order valence-electron chi connectivity index (χ4n) is 4.26. The average molecular weight is 427 g/mol. The van der Waals surface area contributed by atoms with Gasteiger partial charge in [-0.05, 0) is 49.7 Å². The molecule has 3 aromatic heterocycles. The number of pyridine rings is 2. The quantitative estimate of drug-likeness (QED) is 0.536. The first kappa shape index (κ1) is 20.1. The fourth-order valence-corrected chi connectivity index (χ4v) is 4.26. The first-order valence-electron chi connectivity index (χ1n) is 10.9. The standard InChI is InChI=1S/C25H26N6O/c1-18-7-6-12-31-23(19(2)27-24(18)31)25(32)28-20-10-11-22(26-17-20)30-15-13-29(14-16-30)21-8-4-3-5-9-21/h3-12,17H,13-16H2,1-2H3,(H,28,32). The van der Waals surface area contributed by atoms with Crippen LogP contribution < -0.4 is 15.1 Å². The number of amides is 1. The zero-order valence-corrected chi connectivity index (χ0v) is 18.3. The number of imidazole rings is 1. The minimum atomic E-state index is -0.188. The highest BCUT2D eigenvalue weighted by atomic mass is 16.2. The second-order valence-corrected chi connectivity index (χ2v) is 8.10. The fraction of sp³-hybridized carbons (Fsp3) is 0.240. The van der Waals surface area contributed by atoms with Gasteiger partial charge in [0, 0.05) is 38.1 Å². The van der Waals surface area contributed by atoms with Crippen LogP contribution in [0.3, 0.4) is 0 Å². The van der Waals surface area contributed by atoms with E-state index in [-0.39, 0.29) is 5.91 Å². The number of carbonyl (C=O) groups is 1. The van der Waals surface area contributed by atoms with E-state index in [0.717, 1.165) is 43.2 Å². The number of fused-ring (bicyclic) bond motifs is 1. The summed E-state index contributed by atoms with van der Waals surface area (Å²) in [4.78, 5) is 26.8. The predicted molar refractivity (Wildman–Crippen MR) is 128 cm³/mol. The van der Waals surface area contributed by atoms with Crippen molar-refractivity contribution in [2.24, 2.45) is 0 Å². The van der Waals surface area contributed by atoms with Crippen molar-refractivity contribution in [2.45, 2.75) is 13.8 Å². The van der Waals surface area contributed by atoms with E-state index in [1.54, 1.807) is 6.20 Å². The van der Waals surface area contributed by atoms with Crippen LogP contribution in [0.2, 0.25) is 0 Å². The molecule has 0 aliphatic carbocycles. The Kier molecular flexibility index (Phi) is 5.23. The number of benzene rings is 1. The first-order chi connectivity index (χ1) is 15.6. The summed E-state index contributed by atoms with van der Waals surface area (Å²) < 4.78 is 1.84. The van der Waals surface area contributed by atoms with Crippen LogP contribution in [0.4, 0.5) is 17.2 Å². The largest absolute Gasteiger partial charge is 0.368 e. The van der Waals surface area contributed by atoms with Crippen LogP contribution in [0.25, 0.3) is 5.65 Å². The Morgan fingerprint density at radius 3 is 2.38 bits per heavy atom. The Morgan fingerprint density at radius 1 is 0.906 bits per heavy atom. The molecule has 32 heavy (non-hydrogen) atoms. The second-order valence-electron chi connectivity index (χ2n) is 8.10. The van der Waals surface area contributed by atoms with E-state index in [4.69, 9.17) is 0 Å². The topological polar surface area (TPSA) is 65.8 Å². The number of carbonyl (C=O) groups excluding carboxylic acids is 1. The summed E-state index contributed by atoms with van der Waals surface area (Å²) in [6.45, 7) is 7.58. The Hall–Kier alpha value is -3.87. The molecule has 1 aromatic carbocycles. The Morgan fingerprint density at radius 2 is 1.66 bits per heavy atom. The lowest BCUT2D eigenvalue weighted by Gasteiger charge is -2.36. The molecule has 7 nitrogen and oxygen atoms in total. The molecule has 1 aliphatic rings. The van der Waals surface area contributed by atoms with E-state index in [1.807, 2.05) is 54.8 Å². The van der Waals surface area contributed by atoms with E-state index < -0.39 is 0 Å². The van der Waals surface area contributed by atoms with Gasteiger partial charge in [0.25, 0.3) is 5.91 Å². The molecule has 0 spiro atoms. The van der Waals surface area contributed by atoms with Gasteiger partial charge >= 0.3 is 0 Å². The second kappa shape index (κ2) is 8.34. The number of hydrogen-bond acceptors (Lipinski definition) is 5. The summed E-state index contributed by atoms with van der Waals surface area (Å²) in [5, 5.41) is 2.97. The van der Waals surface area contributed by atoms with Crippen LogP contribution >= 0.6 is 0 Å². The van der Waals surface area contributed by atoms with E-state index in [2.05, 4.69) is 49.4 Å². The van der Waals surface area contributed by atoms with Crippen molar-refractivity contribution in [3.8, 4) is 0 Å². The summed E-state index contributed by atoms with van der Waals surface area (Å²) in [6, 6.07) is 18.3. The molecule has 0 saturated carbocycles. The molecule has 4 aromatic rings. The monoisotopic (exact) mass is 426 g/mol. The maximum absolute atomic E-state index is 13.0. The van der Waals surface area contributed by atoms with Gasteiger partial charge < -0.3 is 15.1 Å². The Balaban J connectivity index is 1.25. The number of aryl methyl sites for hydroxylation is 2. The third-order valence-corrected chi connectivity index (χ3v) is 5.97. The highest BCUT2D eigenvalue weighted by molar-refractivity contribution is 6.04. The molecule has 1 amide bonds. The SMILES string of the molecule is Cc1nc2c(C)cccn2c1C(=O)Nc1ccc(N2CCN(c3ccccc3)CC2)nc1. The van der Waals surface area contributed by atoms with Crippen LogP contribution in [0.5, 0.6) is 0 Å². The minimum absolute atomic E-state index is 0.188. The van der Waals surface area contributed by atoms with Crippen molar-refractivity contribution >= 4 is 28.7 Å². The maximum atomic E-state index is 13.0. The Labute approximate surface area is 187 Å². The normalized spacial score (nSPS) is 14.1. The number of para-hydroxylation sites is 1. The maximum Gasteiger partial charge on any atom is 0.274 e. The van der Waals surface area contributed by atoms with Crippen LogP contribution in [-0.4, -0.2) is 46.5 Å². The molecule has 1 aliphatic heterocycles. The smallest absolute Gasteiger partial charge is 0.274 e. The number of hydrogen-bond donors (Lipinski definition) is 1. The van der Waals surface area contributed by atoms with Crippen molar-refractivity contribution in [3.63, 3.8) is 0 Å². The molecule has 0 radical (unpaired) electrons. The lowest BCUT2D eigenvalue weighted by molar-refractivity contribution is 0.102. The number of rotatable bonds is 4. The molecule has 7 heteroatoms. The van der Waals surface area contributed by atoms with Gasteiger partial charge in [-0.1, -0.05) is 24.3 Å². The average Bonchev–Trinajstić information content (AvgIpc) is 3.18. The van der Waals surface area contributed by atoms with Gasteiger partial charge in [-0.15, -0.1) is 0 Å². The first-order valence-corrected chi connectivity index (χ1v) is 10.9. The highest BCUT2D eigenvalue weighted by Gasteiger charge is 2.20. The molecule has 1 saturated heterocycles. The number of piperazine rings is 1. The summed E-state index contributed by atoms with van der Waals surface area (Å²) >= 11 is 0. The third kappa shape index (κ3) is 3.77. The van der Waals surface area contributed by atoms with Crippen molar-refractivity contribution in [2.75, 3.05) is 41.3 Å². The van der Waals surface area contributed by atoms with Crippen molar-refractivity contribution < 1.29 is 4.79 Å². The summed E-state index contributed by atoms with van der Waals surface area (Å²) in [5.41, 5.74) is 5.02. The Bertz CT molecular complexity index is 1240. The molecule has 1 N–H and O–H groups in total. The van der Waals surface area contributed by atoms with Crippen molar-refractivity contribution in [3.05, 3.63) is 83.9 Å². The van der Waals surface area contributed by atoms with Gasteiger partial charge in [-0.2, -0.15) is 0 Å².